The minimum absolute atomic E-state index is 0.181. The van der Waals surface area contributed by atoms with Gasteiger partial charge in [-0.3, -0.25) is 9.59 Å². The molecule has 1 saturated carbocycles. The van der Waals surface area contributed by atoms with Crippen molar-refractivity contribution in [2.75, 3.05) is 19.8 Å². The molecule has 1 aromatic rings. The third kappa shape index (κ3) is 3.60. The van der Waals surface area contributed by atoms with Gasteiger partial charge in [0, 0.05) is 24.4 Å². The number of rotatable bonds is 4. The van der Waals surface area contributed by atoms with E-state index >= 15 is 0 Å². The average molecular weight is 333 g/mol. The number of carbonyl (C=O) groups excluding carboxylic acids is 2. The molecule has 0 unspecified atom stereocenters. The third-order valence-corrected chi connectivity index (χ3v) is 4.61. The monoisotopic (exact) mass is 333 g/mol. The lowest BCUT2D eigenvalue weighted by molar-refractivity contribution is -0.198. The van der Waals surface area contributed by atoms with Gasteiger partial charge in [-0.15, -0.1) is 0 Å². The summed E-state index contributed by atoms with van der Waals surface area (Å²) in [7, 11) is 0. The van der Waals surface area contributed by atoms with Crippen molar-refractivity contribution in [2.24, 2.45) is 5.92 Å². The number of nitrogens with one attached hydrogen (secondary N) is 1. The summed E-state index contributed by atoms with van der Waals surface area (Å²) in [5.74, 6) is -1.66. The zero-order valence-corrected chi connectivity index (χ0v) is 13.8. The molecule has 3 rings (SSSR count). The number of esters is 1. The van der Waals surface area contributed by atoms with Crippen molar-refractivity contribution in [3.05, 3.63) is 35.9 Å². The molecule has 1 spiro atoms. The molecule has 0 radical (unpaired) electrons. The SMILES string of the molecule is CCOC(=O)[C@H]1CC2(CC[C@H]1NC(=O)c1ccccc1)OCCO2. The fraction of sp³-hybridized carbons (Fsp3) is 0.556. The first-order chi connectivity index (χ1) is 11.6. The van der Waals surface area contributed by atoms with Gasteiger partial charge in [0.15, 0.2) is 5.79 Å². The predicted molar refractivity (Wildman–Crippen MR) is 86.3 cm³/mol. The second kappa shape index (κ2) is 7.32. The van der Waals surface area contributed by atoms with Gasteiger partial charge >= 0.3 is 5.97 Å². The molecule has 0 bridgehead atoms. The van der Waals surface area contributed by atoms with Crippen molar-refractivity contribution in [1.82, 2.24) is 5.32 Å². The standard InChI is InChI=1S/C18H23NO5/c1-2-22-17(21)14-12-18(23-10-11-24-18)9-8-15(14)19-16(20)13-6-4-3-5-7-13/h3-7,14-15H,2,8-12H2,1H3,(H,19,20)/t14-,15+/m0/s1. The molecule has 1 N–H and O–H groups in total. The quantitative estimate of drug-likeness (QED) is 0.852. The van der Waals surface area contributed by atoms with E-state index < -0.39 is 11.7 Å². The van der Waals surface area contributed by atoms with Crippen LogP contribution in [-0.4, -0.2) is 43.5 Å². The minimum Gasteiger partial charge on any atom is -0.466 e. The minimum atomic E-state index is -0.703. The topological polar surface area (TPSA) is 73.9 Å². The first-order valence-electron chi connectivity index (χ1n) is 8.44. The Morgan fingerprint density at radius 1 is 1.25 bits per heavy atom. The number of hydrogen-bond acceptors (Lipinski definition) is 5. The summed E-state index contributed by atoms with van der Waals surface area (Å²) in [5, 5.41) is 2.98. The van der Waals surface area contributed by atoms with Crippen molar-refractivity contribution in [1.29, 1.82) is 0 Å². The maximum absolute atomic E-state index is 12.4. The molecule has 1 amide bonds. The molecule has 1 aromatic carbocycles. The number of benzene rings is 1. The molecule has 1 aliphatic carbocycles. The number of carbonyl (C=O) groups is 2. The Labute approximate surface area is 141 Å². The normalized spacial score (nSPS) is 25.4. The van der Waals surface area contributed by atoms with Gasteiger partial charge in [0.1, 0.15) is 0 Å². The van der Waals surface area contributed by atoms with Gasteiger partial charge in [-0.25, -0.2) is 0 Å². The zero-order chi connectivity index (χ0) is 17.0. The van der Waals surface area contributed by atoms with Crippen molar-refractivity contribution in [3.8, 4) is 0 Å². The summed E-state index contributed by atoms with van der Waals surface area (Å²) in [6.45, 7) is 3.16. The number of amides is 1. The molecule has 6 nitrogen and oxygen atoms in total. The van der Waals surface area contributed by atoms with Crippen LogP contribution in [0.3, 0.4) is 0 Å². The van der Waals surface area contributed by atoms with E-state index in [9.17, 15) is 9.59 Å². The highest BCUT2D eigenvalue weighted by Crippen LogP contribution is 2.39. The van der Waals surface area contributed by atoms with E-state index in [-0.39, 0.29) is 17.9 Å². The van der Waals surface area contributed by atoms with Crippen LogP contribution in [0.4, 0.5) is 0 Å². The van der Waals surface area contributed by atoms with Crippen LogP contribution in [0.1, 0.15) is 36.5 Å². The lowest BCUT2D eigenvalue weighted by Gasteiger charge is -2.40. The molecule has 0 aromatic heterocycles. The summed E-state index contributed by atoms with van der Waals surface area (Å²) >= 11 is 0. The highest BCUT2D eigenvalue weighted by molar-refractivity contribution is 5.94. The van der Waals surface area contributed by atoms with Gasteiger partial charge in [-0.05, 0) is 25.5 Å². The van der Waals surface area contributed by atoms with Crippen LogP contribution in [-0.2, 0) is 19.0 Å². The largest absolute Gasteiger partial charge is 0.466 e. The van der Waals surface area contributed by atoms with Crippen LogP contribution in [0.2, 0.25) is 0 Å². The van der Waals surface area contributed by atoms with Gasteiger partial charge in [-0.1, -0.05) is 18.2 Å². The first kappa shape index (κ1) is 16.9. The summed E-state index contributed by atoms with van der Waals surface area (Å²) in [5.41, 5.74) is 0.578. The Morgan fingerprint density at radius 3 is 2.62 bits per heavy atom. The van der Waals surface area contributed by atoms with E-state index in [1.807, 2.05) is 18.2 Å². The van der Waals surface area contributed by atoms with E-state index in [0.29, 0.717) is 44.6 Å². The number of ether oxygens (including phenoxy) is 3. The fourth-order valence-electron chi connectivity index (χ4n) is 3.43. The van der Waals surface area contributed by atoms with Crippen LogP contribution in [0, 0.1) is 5.92 Å². The molecule has 2 fully saturated rings. The average Bonchev–Trinajstić information content (AvgIpc) is 3.05. The Balaban J connectivity index is 1.72. The van der Waals surface area contributed by atoms with Crippen LogP contribution >= 0.6 is 0 Å². The summed E-state index contributed by atoms with van der Waals surface area (Å²) in [4.78, 5) is 24.8. The Kier molecular flexibility index (Phi) is 5.16. The van der Waals surface area contributed by atoms with Crippen molar-refractivity contribution in [2.45, 2.75) is 38.0 Å². The van der Waals surface area contributed by atoms with Gasteiger partial charge < -0.3 is 19.5 Å². The summed E-state index contributed by atoms with van der Waals surface area (Å²) in [6, 6.07) is 8.71. The molecule has 1 saturated heterocycles. The molecule has 24 heavy (non-hydrogen) atoms. The fourth-order valence-corrected chi connectivity index (χ4v) is 3.43. The maximum Gasteiger partial charge on any atom is 0.311 e. The molecule has 1 heterocycles. The second-order valence-electron chi connectivity index (χ2n) is 6.15. The Morgan fingerprint density at radius 2 is 1.96 bits per heavy atom. The summed E-state index contributed by atoms with van der Waals surface area (Å²) < 4.78 is 16.7. The van der Waals surface area contributed by atoms with Crippen LogP contribution in [0.15, 0.2) is 30.3 Å². The molecule has 130 valence electrons. The Hall–Kier alpha value is -1.92. The van der Waals surface area contributed by atoms with E-state index in [1.54, 1.807) is 19.1 Å². The molecule has 2 atom stereocenters. The van der Waals surface area contributed by atoms with Crippen LogP contribution in [0.5, 0.6) is 0 Å². The second-order valence-corrected chi connectivity index (χ2v) is 6.15. The third-order valence-electron chi connectivity index (χ3n) is 4.61. The lowest BCUT2D eigenvalue weighted by Crippen LogP contribution is -2.52. The zero-order valence-electron chi connectivity index (χ0n) is 13.8. The maximum atomic E-state index is 12.4. The molecular formula is C18H23NO5. The predicted octanol–water partition coefficient (Wildman–Crippen LogP) is 1.89. The van der Waals surface area contributed by atoms with E-state index in [1.165, 1.54) is 0 Å². The Bertz CT molecular complexity index is 582. The molecular weight excluding hydrogens is 310 g/mol. The van der Waals surface area contributed by atoms with Crippen LogP contribution < -0.4 is 5.32 Å². The van der Waals surface area contributed by atoms with E-state index in [2.05, 4.69) is 5.32 Å². The van der Waals surface area contributed by atoms with Gasteiger partial charge in [-0.2, -0.15) is 0 Å². The van der Waals surface area contributed by atoms with Crippen molar-refractivity contribution < 1.29 is 23.8 Å². The lowest BCUT2D eigenvalue weighted by atomic mass is 9.80. The first-order valence-corrected chi connectivity index (χ1v) is 8.44. The van der Waals surface area contributed by atoms with E-state index in [4.69, 9.17) is 14.2 Å². The smallest absolute Gasteiger partial charge is 0.311 e. The molecule has 6 heteroatoms. The van der Waals surface area contributed by atoms with Gasteiger partial charge in [0.2, 0.25) is 0 Å². The highest BCUT2D eigenvalue weighted by atomic mass is 16.7. The van der Waals surface area contributed by atoms with Gasteiger partial charge in [0.25, 0.3) is 5.91 Å². The summed E-state index contributed by atoms with van der Waals surface area (Å²) in [6.07, 6.45) is 1.68. The van der Waals surface area contributed by atoms with Crippen molar-refractivity contribution in [3.63, 3.8) is 0 Å². The highest BCUT2D eigenvalue weighted by Gasteiger charge is 2.48. The molecule has 2 aliphatic rings. The van der Waals surface area contributed by atoms with Crippen LogP contribution in [0.25, 0.3) is 0 Å². The van der Waals surface area contributed by atoms with Gasteiger partial charge in [0.05, 0.1) is 25.7 Å². The molecule has 1 aliphatic heterocycles. The van der Waals surface area contributed by atoms with Crippen molar-refractivity contribution >= 4 is 11.9 Å². The van der Waals surface area contributed by atoms with E-state index in [0.717, 1.165) is 0 Å². The number of hydrogen-bond donors (Lipinski definition) is 1.